The quantitative estimate of drug-likeness (QED) is 0.446. The molecule has 0 atom stereocenters. The maximum Gasteiger partial charge on any atom is 0.325 e. The molecule has 2 N–H and O–H groups in total. The number of fused-ring (bicyclic) bond motifs is 2. The maximum absolute atomic E-state index is 12.3. The normalized spacial score (nSPS) is 10.3. The summed E-state index contributed by atoms with van der Waals surface area (Å²) in [7, 11) is 0. The zero-order valence-corrected chi connectivity index (χ0v) is 11.7. The Kier molecular flexibility index (Phi) is 4.26. The molecule has 1 aromatic heterocycles. The van der Waals surface area contributed by atoms with E-state index in [4.69, 9.17) is 14.9 Å². The standard InChI is InChI=1S/C15H11NO4.ClH/c16-8-14(17)19-9-5-6-11-13(7-9)20-12-4-2-1-3-10(12)15(11)18;/h1-7H,8,16H2;1H. The molecule has 5 nitrogen and oxygen atoms in total. The lowest BCUT2D eigenvalue weighted by Crippen LogP contribution is -2.19. The van der Waals surface area contributed by atoms with Crippen LogP contribution in [0.5, 0.6) is 5.75 Å². The predicted octanol–water partition coefficient (Wildman–Crippen LogP) is 2.23. The molecule has 0 fully saturated rings. The van der Waals surface area contributed by atoms with Crippen LogP contribution in [0.3, 0.4) is 0 Å². The first kappa shape index (κ1) is 15.0. The molecule has 1 heterocycles. The van der Waals surface area contributed by atoms with Gasteiger partial charge in [-0.05, 0) is 24.3 Å². The first-order valence-electron chi connectivity index (χ1n) is 6.05. The highest BCUT2D eigenvalue weighted by Gasteiger charge is 2.09. The Hall–Kier alpha value is -2.37. The minimum atomic E-state index is -0.549. The molecule has 3 rings (SSSR count). The van der Waals surface area contributed by atoms with Crippen LogP contribution in [0.2, 0.25) is 0 Å². The minimum absolute atomic E-state index is 0. The molecule has 0 unspecified atom stereocenters. The number of halogens is 1. The average molecular weight is 306 g/mol. The Labute approximate surface area is 125 Å². The number of nitrogens with two attached hydrogens (primary N) is 1. The summed E-state index contributed by atoms with van der Waals surface area (Å²) in [4.78, 5) is 23.4. The van der Waals surface area contributed by atoms with Gasteiger partial charge >= 0.3 is 5.97 Å². The van der Waals surface area contributed by atoms with Crippen molar-refractivity contribution in [2.45, 2.75) is 0 Å². The monoisotopic (exact) mass is 305 g/mol. The van der Waals surface area contributed by atoms with Gasteiger partial charge in [-0.2, -0.15) is 0 Å². The second-order valence-electron chi connectivity index (χ2n) is 4.26. The van der Waals surface area contributed by atoms with Gasteiger partial charge in [0.2, 0.25) is 5.43 Å². The third kappa shape index (κ3) is 2.74. The van der Waals surface area contributed by atoms with E-state index in [9.17, 15) is 9.59 Å². The summed E-state index contributed by atoms with van der Waals surface area (Å²) in [6.45, 7) is -0.209. The van der Waals surface area contributed by atoms with Crippen LogP contribution < -0.4 is 15.9 Å². The van der Waals surface area contributed by atoms with Gasteiger partial charge in [0.05, 0.1) is 17.3 Å². The number of hydrogen-bond donors (Lipinski definition) is 1. The van der Waals surface area contributed by atoms with Gasteiger partial charge in [-0.1, -0.05) is 12.1 Å². The second kappa shape index (κ2) is 5.95. The number of para-hydroxylation sites is 1. The first-order chi connectivity index (χ1) is 9.69. The molecular weight excluding hydrogens is 294 g/mol. The smallest absolute Gasteiger partial charge is 0.325 e. The Bertz CT molecular complexity index is 872. The van der Waals surface area contributed by atoms with E-state index in [0.717, 1.165) is 0 Å². The van der Waals surface area contributed by atoms with Gasteiger partial charge in [0.1, 0.15) is 16.9 Å². The van der Waals surface area contributed by atoms with Crippen molar-refractivity contribution >= 4 is 40.3 Å². The Morgan fingerprint density at radius 1 is 1.10 bits per heavy atom. The summed E-state index contributed by atoms with van der Waals surface area (Å²) in [6.07, 6.45) is 0. The van der Waals surface area contributed by atoms with Crippen LogP contribution >= 0.6 is 12.4 Å². The largest absolute Gasteiger partial charge is 0.456 e. The van der Waals surface area contributed by atoms with Crippen molar-refractivity contribution in [3.05, 3.63) is 52.7 Å². The molecule has 3 aromatic rings. The summed E-state index contributed by atoms with van der Waals surface area (Å²) in [5, 5.41) is 0.961. The Morgan fingerprint density at radius 3 is 2.57 bits per heavy atom. The number of ether oxygens (including phenoxy) is 1. The fraction of sp³-hybridized carbons (Fsp3) is 0.0667. The predicted molar refractivity (Wildman–Crippen MR) is 81.9 cm³/mol. The third-order valence-corrected chi connectivity index (χ3v) is 2.95. The van der Waals surface area contributed by atoms with Crippen molar-refractivity contribution in [2.75, 3.05) is 6.54 Å². The molecule has 0 aliphatic heterocycles. The van der Waals surface area contributed by atoms with Crippen LogP contribution in [-0.2, 0) is 4.79 Å². The SMILES string of the molecule is Cl.NCC(=O)Oc1ccc2c(=O)c3ccccc3oc2c1. The highest BCUT2D eigenvalue weighted by molar-refractivity contribution is 5.90. The summed E-state index contributed by atoms with van der Waals surface area (Å²) < 4.78 is 10.7. The van der Waals surface area contributed by atoms with E-state index in [2.05, 4.69) is 0 Å². The fourth-order valence-electron chi connectivity index (χ4n) is 2.02. The van der Waals surface area contributed by atoms with Crippen molar-refractivity contribution < 1.29 is 13.9 Å². The summed E-state index contributed by atoms with van der Waals surface area (Å²) in [5.74, 6) is -0.251. The minimum Gasteiger partial charge on any atom is -0.456 e. The van der Waals surface area contributed by atoms with E-state index in [-0.39, 0.29) is 24.4 Å². The van der Waals surface area contributed by atoms with Crippen LogP contribution in [0.1, 0.15) is 0 Å². The number of esters is 1. The molecule has 0 spiro atoms. The molecule has 6 heteroatoms. The van der Waals surface area contributed by atoms with Crippen molar-refractivity contribution in [3.63, 3.8) is 0 Å². The van der Waals surface area contributed by atoms with Crippen molar-refractivity contribution in [1.29, 1.82) is 0 Å². The van der Waals surface area contributed by atoms with Crippen LogP contribution in [-0.4, -0.2) is 12.5 Å². The maximum atomic E-state index is 12.3. The number of carbonyl (C=O) groups is 1. The van der Waals surface area contributed by atoms with E-state index < -0.39 is 5.97 Å². The molecule has 0 aliphatic carbocycles. The molecule has 0 aliphatic rings. The Morgan fingerprint density at radius 2 is 1.81 bits per heavy atom. The second-order valence-corrected chi connectivity index (χ2v) is 4.26. The molecule has 0 amide bonds. The van der Waals surface area contributed by atoms with Crippen LogP contribution in [0.15, 0.2) is 51.7 Å². The van der Waals surface area contributed by atoms with E-state index in [1.807, 2.05) is 0 Å². The molecule has 0 bridgehead atoms. The van der Waals surface area contributed by atoms with Gasteiger partial charge in [0, 0.05) is 6.07 Å². The third-order valence-electron chi connectivity index (χ3n) is 2.95. The van der Waals surface area contributed by atoms with Crippen molar-refractivity contribution in [2.24, 2.45) is 5.73 Å². The van der Waals surface area contributed by atoms with E-state index in [0.29, 0.717) is 27.7 Å². The zero-order chi connectivity index (χ0) is 14.1. The topological polar surface area (TPSA) is 82.5 Å². The number of rotatable bonds is 2. The summed E-state index contributed by atoms with van der Waals surface area (Å²) >= 11 is 0. The lowest BCUT2D eigenvalue weighted by atomic mass is 10.1. The van der Waals surface area contributed by atoms with E-state index >= 15 is 0 Å². The van der Waals surface area contributed by atoms with Crippen molar-refractivity contribution in [3.8, 4) is 5.75 Å². The molecule has 2 aromatic carbocycles. The van der Waals surface area contributed by atoms with Gasteiger partial charge < -0.3 is 14.9 Å². The lowest BCUT2D eigenvalue weighted by Gasteiger charge is -2.05. The van der Waals surface area contributed by atoms with Crippen LogP contribution in [0.25, 0.3) is 21.9 Å². The molecule has 0 saturated carbocycles. The van der Waals surface area contributed by atoms with Gasteiger partial charge in [-0.15, -0.1) is 12.4 Å². The highest BCUT2D eigenvalue weighted by atomic mass is 35.5. The molecule has 108 valence electrons. The summed E-state index contributed by atoms with van der Waals surface area (Å²) in [5.41, 5.74) is 5.93. The number of carbonyl (C=O) groups excluding carboxylic acids is 1. The lowest BCUT2D eigenvalue weighted by molar-refractivity contribution is -0.132. The molecule has 0 radical (unpaired) electrons. The van der Waals surface area contributed by atoms with Gasteiger partial charge in [0.25, 0.3) is 0 Å². The molecule has 21 heavy (non-hydrogen) atoms. The van der Waals surface area contributed by atoms with Gasteiger partial charge in [-0.25, -0.2) is 0 Å². The Balaban J connectivity index is 0.00000161. The average Bonchev–Trinajstić information content (AvgIpc) is 2.47. The highest BCUT2D eigenvalue weighted by Crippen LogP contribution is 2.22. The molecule has 0 saturated heterocycles. The number of benzene rings is 2. The van der Waals surface area contributed by atoms with Gasteiger partial charge in [0.15, 0.2) is 0 Å². The van der Waals surface area contributed by atoms with E-state index in [1.165, 1.54) is 6.07 Å². The zero-order valence-electron chi connectivity index (χ0n) is 10.9. The van der Waals surface area contributed by atoms with Gasteiger partial charge in [-0.3, -0.25) is 9.59 Å². The fourth-order valence-corrected chi connectivity index (χ4v) is 2.02. The first-order valence-corrected chi connectivity index (χ1v) is 6.05. The summed E-state index contributed by atoms with van der Waals surface area (Å²) in [6, 6.07) is 11.6. The van der Waals surface area contributed by atoms with Crippen molar-refractivity contribution in [1.82, 2.24) is 0 Å². The van der Waals surface area contributed by atoms with E-state index in [1.54, 1.807) is 36.4 Å². The molecular formula is C15H12ClNO4. The van der Waals surface area contributed by atoms with Crippen LogP contribution in [0, 0.1) is 0 Å². The van der Waals surface area contributed by atoms with Crippen LogP contribution in [0.4, 0.5) is 0 Å². The number of hydrogen-bond acceptors (Lipinski definition) is 5.